The Morgan fingerprint density at radius 3 is 3.06 bits per heavy atom. The lowest BCUT2D eigenvalue weighted by Gasteiger charge is -2.03. The number of anilines is 1. The van der Waals surface area contributed by atoms with E-state index in [1.165, 1.54) is 23.7 Å². The molecule has 0 aliphatic heterocycles. The van der Waals surface area contributed by atoms with Crippen molar-refractivity contribution in [2.45, 2.75) is 32.2 Å². The van der Waals surface area contributed by atoms with E-state index >= 15 is 0 Å². The highest BCUT2D eigenvalue weighted by atomic mass is 16.1. The minimum Gasteiger partial charge on any atom is -0.383 e. The first-order chi connectivity index (χ1) is 7.63. The number of nitrogens with one attached hydrogen (secondary N) is 1. The summed E-state index contributed by atoms with van der Waals surface area (Å²) in [5, 5.41) is 6.94. The van der Waals surface area contributed by atoms with Crippen molar-refractivity contribution in [1.29, 1.82) is 0 Å². The van der Waals surface area contributed by atoms with Crippen LogP contribution < -0.4 is 11.1 Å². The van der Waals surface area contributed by atoms with Crippen LogP contribution in [0, 0.1) is 5.92 Å². The summed E-state index contributed by atoms with van der Waals surface area (Å²) in [5.74, 6) is 0.978. The molecule has 0 bridgehead atoms. The molecule has 0 saturated heterocycles. The van der Waals surface area contributed by atoms with Crippen molar-refractivity contribution in [2.75, 3.05) is 5.73 Å². The van der Waals surface area contributed by atoms with Gasteiger partial charge in [0, 0.05) is 13.1 Å². The van der Waals surface area contributed by atoms with Crippen LogP contribution in [0.3, 0.4) is 0 Å². The Morgan fingerprint density at radius 1 is 1.75 bits per heavy atom. The SMILES string of the molecule is CCCC1CC1NC(=O)c1cnn(C)c1N. The third kappa shape index (κ3) is 2.03. The number of carbonyl (C=O) groups excluding carboxylic acids is 1. The minimum atomic E-state index is -0.103. The lowest BCUT2D eigenvalue weighted by molar-refractivity contribution is 0.0949. The summed E-state index contributed by atoms with van der Waals surface area (Å²) in [6.07, 6.45) is 4.97. The number of nitrogens with two attached hydrogens (primary N) is 1. The van der Waals surface area contributed by atoms with Crippen molar-refractivity contribution < 1.29 is 4.79 Å². The predicted octanol–water partition coefficient (Wildman–Crippen LogP) is 0.921. The third-order valence-electron chi connectivity index (χ3n) is 3.13. The number of carbonyl (C=O) groups is 1. The Bertz CT molecular complexity index is 399. The average Bonchev–Trinajstić information content (AvgIpc) is 2.87. The fraction of sp³-hybridized carbons (Fsp3) is 0.636. The number of rotatable bonds is 4. The normalized spacial score (nSPS) is 23.1. The van der Waals surface area contributed by atoms with Crippen LogP contribution in [0.2, 0.25) is 0 Å². The van der Waals surface area contributed by atoms with Gasteiger partial charge in [0.25, 0.3) is 5.91 Å². The topological polar surface area (TPSA) is 72.9 Å². The number of nitrogen functional groups attached to an aromatic ring is 1. The molecule has 1 saturated carbocycles. The number of hydrogen-bond donors (Lipinski definition) is 2. The van der Waals surface area contributed by atoms with Crippen molar-refractivity contribution >= 4 is 11.7 Å². The zero-order valence-electron chi connectivity index (χ0n) is 9.73. The molecule has 0 aromatic carbocycles. The van der Waals surface area contributed by atoms with Crippen molar-refractivity contribution in [3.8, 4) is 0 Å². The van der Waals surface area contributed by atoms with Crippen molar-refractivity contribution in [3.05, 3.63) is 11.8 Å². The highest BCUT2D eigenvalue weighted by Crippen LogP contribution is 2.34. The van der Waals surface area contributed by atoms with Crippen LogP contribution >= 0.6 is 0 Å². The van der Waals surface area contributed by atoms with Crippen LogP contribution in [0.1, 0.15) is 36.5 Å². The maximum absolute atomic E-state index is 11.8. The van der Waals surface area contributed by atoms with E-state index in [4.69, 9.17) is 5.73 Å². The molecule has 3 N–H and O–H groups in total. The van der Waals surface area contributed by atoms with Gasteiger partial charge in [-0.15, -0.1) is 0 Å². The fourth-order valence-electron chi connectivity index (χ4n) is 1.98. The maximum atomic E-state index is 11.8. The summed E-state index contributed by atoms with van der Waals surface area (Å²) < 4.78 is 1.51. The predicted molar refractivity (Wildman–Crippen MR) is 61.9 cm³/mol. The highest BCUT2D eigenvalue weighted by Gasteiger charge is 2.37. The van der Waals surface area contributed by atoms with Gasteiger partial charge in [0.05, 0.1) is 6.20 Å². The molecule has 1 aromatic rings. The molecule has 5 heteroatoms. The van der Waals surface area contributed by atoms with Crippen LogP contribution in [0.4, 0.5) is 5.82 Å². The molecule has 1 aliphatic carbocycles. The Morgan fingerprint density at radius 2 is 2.50 bits per heavy atom. The van der Waals surface area contributed by atoms with Crippen molar-refractivity contribution in [1.82, 2.24) is 15.1 Å². The smallest absolute Gasteiger partial charge is 0.256 e. The number of hydrogen-bond acceptors (Lipinski definition) is 3. The quantitative estimate of drug-likeness (QED) is 0.795. The standard InChI is InChI=1S/C11H18N4O/c1-3-4-7-5-9(7)14-11(16)8-6-13-15(2)10(8)12/h6-7,9H,3-5,12H2,1-2H3,(H,14,16). The number of aryl methyl sites for hydroxylation is 1. The van der Waals surface area contributed by atoms with Crippen LogP contribution in [0.5, 0.6) is 0 Å². The van der Waals surface area contributed by atoms with Crippen LogP contribution in [0.15, 0.2) is 6.20 Å². The second-order valence-corrected chi connectivity index (χ2v) is 4.43. The Labute approximate surface area is 95.0 Å². The summed E-state index contributed by atoms with van der Waals surface area (Å²) in [4.78, 5) is 11.8. The van der Waals surface area contributed by atoms with Gasteiger partial charge < -0.3 is 11.1 Å². The van der Waals surface area contributed by atoms with Gasteiger partial charge in [0.1, 0.15) is 11.4 Å². The molecule has 2 rings (SSSR count). The van der Waals surface area contributed by atoms with E-state index in [-0.39, 0.29) is 5.91 Å². The first kappa shape index (κ1) is 11.0. The van der Waals surface area contributed by atoms with Gasteiger partial charge in [-0.25, -0.2) is 0 Å². The first-order valence-electron chi connectivity index (χ1n) is 5.71. The van der Waals surface area contributed by atoms with Gasteiger partial charge >= 0.3 is 0 Å². The molecule has 1 fully saturated rings. The molecule has 2 unspecified atom stereocenters. The van der Waals surface area contributed by atoms with Crippen LogP contribution in [-0.2, 0) is 7.05 Å². The molecule has 1 aliphatic rings. The third-order valence-corrected chi connectivity index (χ3v) is 3.13. The fourth-order valence-corrected chi connectivity index (χ4v) is 1.98. The number of amides is 1. The molecule has 1 aromatic heterocycles. The van der Waals surface area contributed by atoms with Gasteiger partial charge in [-0.05, 0) is 18.8 Å². The Hall–Kier alpha value is -1.52. The van der Waals surface area contributed by atoms with E-state index in [1.54, 1.807) is 7.05 Å². The largest absolute Gasteiger partial charge is 0.383 e. The van der Waals surface area contributed by atoms with Crippen molar-refractivity contribution in [2.24, 2.45) is 13.0 Å². The van der Waals surface area contributed by atoms with Gasteiger partial charge in [-0.2, -0.15) is 5.10 Å². The first-order valence-corrected chi connectivity index (χ1v) is 5.71. The van der Waals surface area contributed by atoms with Gasteiger partial charge in [0.2, 0.25) is 0 Å². The molecule has 1 heterocycles. The summed E-state index contributed by atoms with van der Waals surface area (Å²) in [6.45, 7) is 2.16. The number of nitrogens with zero attached hydrogens (tertiary/aromatic N) is 2. The molecule has 0 radical (unpaired) electrons. The lowest BCUT2D eigenvalue weighted by atomic mass is 10.2. The maximum Gasteiger partial charge on any atom is 0.256 e. The molecule has 2 atom stereocenters. The Kier molecular flexibility index (Phi) is 2.85. The molecular weight excluding hydrogens is 204 g/mol. The average molecular weight is 222 g/mol. The lowest BCUT2D eigenvalue weighted by Crippen LogP contribution is -2.27. The van der Waals surface area contributed by atoms with E-state index in [0.717, 1.165) is 6.42 Å². The molecule has 16 heavy (non-hydrogen) atoms. The summed E-state index contributed by atoms with van der Waals surface area (Å²) in [7, 11) is 1.73. The van der Waals surface area contributed by atoms with E-state index in [9.17, 15) is 4.79 Å². The van der Waals surface area contributed by atoms with Gasteiger partial charge in [0.15, 0.2) is 0 Å². The summed E-state index contributed by atoms with van der Waals surface area (Å²) in [6, 6.07) is 0.340. The van der Waals surface area contributed by atoms with Gasteiger partial charge in [-0.1, -0.05) is 13.3 Å². The van der Waals surface area contributed by atoms with Gasteiger partial charge in [-0.3, -0.25) is 9.48 Å². The zero-order chi connectivity index (χ0) is 11.7. The molecule has 1 amide bonds. The van der Waals surface area contributed by atoms with Crippen LogP contribution in [0.25, 0.3) is 0 Å². The summed E-state index contributed by atoms with van der Waals surface area (Å²) >= 11 is 0. The minimum absolute atomic E-state index is 0.103. The molecule has 88 valence electrons. The van der Waals surface area contributed by atoms with E-state index in [2.05, 4.69) is 17.3 Å². The van der Waals surface area contributed by atoms with Crippen molar-refractivity contribution in [3.63, 3.8) is 0 Å². The number of aromatic nitrogens is 2. The highest BCUT2D eigenvalue weighted by molar-refractivity contribution is 5.98. The van der Waals surface area contributed by atoms with E-state index < -0.39 is 0 Å². The Balaban J connectivity index is 1.92. The molecule has 5 nitrogen and oxygen atoms in total. The molecule has 0 spiro atoms. The second-order valence-electron chi connectivity index (χ2n) is 4.43. The monoisotopic (exact) mass is 222 g/mol. The summed E-state index contributed by atoms with van der Waals surface area (Å²) in [5.41, 5.74) is 6.21. The zero-order valence-corrected chi connectivity index (χ0v) is 9.73. The second kappa shape index (κ2) is 4.15. The van der Waals surface area contributed by atoms with E-state index in [1.807, 2.05) is 0 Å². The van der Waals surface area contributed by atoms with E-state index in [0.29, 0.717) is 23.3 Å². The molecular formula is C11H18N4O. The van der Waals surface area contributed by atoms with Crippen LogP contribution in [-0.4, -0.2) is 21.7 Å².